The third-order valence-corrected chi connectivity index (χ3v) is 3.70. The van der Waals surface area contributed by atoms with Gasteiger partial charge < -0.3 is 11.5 Å². The lowest BCUT2D eigenvalue weighted by molar-refractivity contribution is 0.598. The second-order valence-electron chi connectivity index (χ2n) is 3.48. The predicted octanol–water partition coefficient (Wildman–Crippen LogP) is 1.63. The van der Waals surface area contributed by atoms with Crippen molar-refractivity contribution in [1.82, 2.24) is 0 Å². The minimum Gasteiger partial charge on any atom is -0.399 e. The molecule has 80 valence electrons. The minimum absolute atomic E-state index is 0.616. The van der Waals surface area contributed by atoms with Gasteiger partial charge in [0, 0.05) is 23.5 Å². The molecule has 0 aliphatic carbocycles. The number of nitrogen functional groups attached to an aromatic ring is 2. The van der Waals surface area contributed by atoms with E-state index >= 15 is 0 Å². The van der Waals surface area contributed by atoms with Crippen LogP contribution in [0.15, 0.2) is 48.5 Å². The molecule has 16 heavy (non-hydrogen) atoms. The zero-order valence-corrected chi connectivity index (χ0v) is 9.52. The molecule has 0 amide bonds. The molecule has 0 spiro atoms. The number of nitrogens with two attached hydrogens (primary N) is 2. The maximum Gasteiger partial charge on any atom is 0.415 e. The van der Waals surface area contributed by atoms with Crippen molar-refractivity contribution in [1.29, 1.82) is 0 Å². The van der Waals surface area contributed by atoms with E-state index in [2.05, 4.69) is 0 Å². The van der Waals surface area contributed by atoms with Gasteiger partial charge in [0.15, 0.2) is 10.6 Å². The van der Waals surface area contributed by atoms with Crippen LogP contribution in [0.3, 0.4) is 0 Å². The summed E-state index contributed by atoms with van der Waals surface area (Å²) in [6.45, 7) is 0. The van der Waals surface area contributed by atoms with Crippen molar-refractivity contribution in [3.8, 4) is 0 Å². The topological polar surface area (TPSA) is 69.1 Å². The summed E-state index contributed by atoms with van der Waals surface area (Å²) in [6.07, 6.45) is 0. The molecule has 0 heterocycles. The van der Waals surface area contributed by atoms with Crippen LogP contribution in [0.4, 0.5) is 11.4 Å². The number of benzene rings is 2. The minimum atomic E-state index is -1.61. The SMILES string of the molecule is Nc1cccc([P+](=O)c2cccc(N)c2)c1. The van der Waals surface area contributed by atoms with Gasteiger partial charge in [0.1, 0.15) is 0 Å². The fourth-order valence-corrected chi connectivity index (χ4v) is 2.73. The Balaban J connectivity index is 2.39. The fourth-order valence-electron chi connectivity index (χ4n) is 1.45. The maximum atomic E-state index is 12.2. The van der Waals surface area contributed by atoms with E-state index in [1.807, 2.05) is 0 Å². The number of hydrogen-bond acceptors (Lipinski definition) is 3. The summed E-state index contributed by atoms with van der Waals surface area (Å²) in [4.78, 5) is 0. The van der Waals surface area contributed by atoms with Crippen LogP contribution in [0.25, 0.3) is 0 Å². The molecule has 2 aromatic rings. The van der Waals surface area contributed by atoms with Crippen molar-refractivity contribution in [2.75, 3.05) is 11.5 Å². The Morgan fingerprint density at radius 2 is 1.25 bits per heavy atom. The van der Waals surface area contributed by atoms with E-state index in [1.165, 1.54) is 0 Å². The highest BCUT2D eigenvalue weighted by Crippen LogP contribution is 2.21. The van der Waals surface area contributed by atoms with Crippen molar-refractivity contribution >= 4 is 29.8 Å². The van der Waals surface area contributed by atoms with Crippen LogP contribution in [0.1, 0.15) is 0 Å². The Morgan fingerprint density at radius 1 is 0.812 bits per heavy atom. The maximum absolute atomic E-state index is 12.2. The lowest BCUT2D eigenvalue weighted by atomic mass is 10.3. The summed E-state index contributed by atoms with van der Waals surface area (Å²) in [5.41, 5.74) is 12.5. The van der Waals surface area contributed by atoms with Gasteiger partial charge in [0.25, 0.3) is 0 Å². The third-order valence-electron chi connectivity index (χ3n) is 2.21. The van der Waals surface area contributed by atoms with Crippen molar-refractivity contribution in [3.05, 3.63) is 48.5 Å². The van der Waals surface area contributed by atoms with Gasteiger partial charge in [-0.1, -0.05) is 16.7 Å². The lowest BCUT2D eigenvalue weighted by Crippen LogP contribution is -2.07. The third kappa shape index (κ3) is 2.20. The highest BCUT2D eigenvalue weighted by molar-refractivity contribution is 7.61. The van der Waals surface area contributed by atoms with E-state index in [0.29, 0.717) is 11.4 Å². The normalized spacial score (nSPS) is 10.0. The molecule has 0 aromatic heterocycles. The predicted molar refractivity (Wildman–Crippen MR) is 68.6 cm³/mol. The van der Waals surface area contributed by atoms with Crippen LogP contribution in [0.5, 0.6) is 0 Å². The molecule has 0 unspecified atom stereocenters. The Kier molecular flexibility index (Phi) is 2.88. The van der Waals surface area contributed by atoms with Crippen LogP contribution < -0.4 is 22.1 Å². The molecule has 0 saturated heterocycles. The summed E-state index contributed by atoms with van der Waals surface area (Å²) >= 11 is 0. The van der Waals surface area contributed by atoms with Crippen molar-refractivity contribution in [3.63, 3.8) is 0 Å². The first-order valence-corrected chi connectivity index (χ1v) is 6.11. The molecule has 0 bridgehead atoms. The lowest BCUT2D eigenvalue weighted by Gasteiger charge is -1.93. The van der Waals surface area contributed by atoms with Gasteiger partial charge in [-0.25, -0.2) is 0 Å². The monoisotopic (exact) mass is 231 g/mol. The van der Waals surface area contributed by atoms with Crippen molar-refractivity contribution in [2.24, 2.45) is 0 Å². The molecular formula is C12H12N2OP+. The highest BCUT2D eigenvalue weighted by Gasteiger charge is 2.23. The smallest absolute Gasteiger partial charge is 0.399 e. The second-order valence-corrected chi connectivity index (χ2v) is 5.11. The fraction of sp³-hybridized carbons (Fsp3) is 0. The standard InChI is InChI=1S/C12H12N2OP/c13-9-3-1-5-11(7-9)16(15)12-6-2-4-10(14)8-12/h1-8H,13-14H2/q+1. The Bertz CT molecular complexity index is 493. The summed E-state index contributed by atoms with van der Waals surface area (Å²) in [7, 11) is -1.61. The van der Waals surface area contributed by atoms with Crippen molar-refractivity contribution in [2.45, 2.75) is 0 Å². The zero-order chi connectivity index (χ0) is 11.5. The Labute approximate surface area is 94.9 Å². The molecule has 4 N–H and O–H groups in total. The molecule has 0 radical (unpaired) electrons. The van der Waals surface area contributed by atoms with Gasteiger partial charge in [-0.05, 0) is 24.3 Å². The number of rotatable bonds is 2. The van der Waals surface area contributed by atoms with Crippen molar-refractivity contribution < 1.29 is 4.57 Å². The summed E-state index contributed by atoms with van der Waals surface area (Å²) < 4.78 is 12.2. The molecule has 4 heteroatoms. The zero-order valence-electron chi connectivity index (χ0n) is 8.63. The highest BCUT2D eigenvalue weighted by atomic mass is 31.1. The van der Waals surface area contributed by atoms with E-state index < -0.39 is 7.80 Å². The molecule has 0 atom stereocenters. The van der Waals surface area contributed by atoms with Gasteiger partial charge in [0.2, 0.25) is 0 Å². The molecule has 0 saturated carbocycles. The van der Waals surface area contributed by atoms with Crippen LogP contribution in [0, 0.1) is 0 Å². The van der Waals surface area contributed by atoms with Gasteiger partial charge in [-0.3, -0.25) is 0 Å². The molecule has 3 nitrogen and oxygen atoms in total. The second kappa shape index (κ2) is 4.33. The molecular weight excluding hydrogens is 219 g/mol. The summed E-state index contributed by atoms with van der Waals surface area (Å²) in [5, 5.41) is 1.45. The Hall–Kier alpha value is -1.86. The van der Waals surface area contributed by atoms with Gasteiger partial charge in [-0.15, -0.1) is 0 Å². The van der Waals surface area contributed by atoms with Crippen LogP contribution in [-0.2, 0) is 4.57 Å². The van der Waals surface area contributed by atoms with E-state index in [0.717, 1.165) is 10.6 Å². The summed E-state index contributed by atoms with van der Waals surface area (Å²) in [6, 6.07) is 14.2. The van der Waals surface area contributed by atoms with E-state index in [9.17, 15) is 4.57 Å². The van der Waals surface area contributed by atoms with E-state index in [4.69, 9.17) is 11.5 Å². The van der Waals surface area contributed by atoms with Gasteiger partial charge >= 0.3 is 7.80 Å². The van der Waals surface area contributed by atoms with E-state index in [-0.39, 0.29) is 0 Å². The largest absolute Gasteiger partial charge is 0.415 e. The summed E-state index contributed by atoms with van der Waals surface area (Å²) in [5.74, 6) is 0. The number of hydrogen-bond donors (Lipinski definition) is 2. The first kappa shape index (κ1) is 10.7. The molecule has 0 aliphatic heterocycles. The average Bonchev–Trinajstić information content (AvgIpc) is 2.28. The molecule has 0 aliphatic rings. The van der Waals surface area contributed by atoms with E-state index in [1.54, 1.807) is 48.5 Å². The first-order valence-electron chi connectivity index (χ1n) is 4.85. The van der Waals surface area contributed by atoms with Crippen LogP contribution >= 0.6 is 7.80 Å². The molecule has 2 rings (SSSR count). The molecule has 0 fully saturated rings. The van der Waals surface area contributed by atoms with Crippen LogP contribution in [-0.4, -0.2) is 0 Å². The van der Waals surface area contributed by atoms with Gasteiger partial charge in [-0.2, -0.15) is 0 Å². The Morgan fingerprint density at radius 3 is 1.62 bits per heavy atom. The van der Waals surface area contributed by atoms with Gasteiger partial charge in [0.05, 0.1) is 0 Å². The molecule has 2 aromatic carbocycles. The first-order chi connectivity index (χ1) is 7.66. The average molecular weight is 231 g/mol. The number of anilines is 2. The van der Waals surface area contributed by atoms with Crippen LogP contribution in [0.2, 0.25) is 0 Å². The quantitative estimate of drug-likeness (QED) is 0.609.